The van der Waals surface area contributed by atoms with Gasteiger partial charge in [0.2, 0.25) is 0 Å². The van der Waals surface area contributed by atoms with Crippen molar-refractivity contribution in [1.29, 1.82) is 0 Å². The van der Waals surface area contributed by atoms with Crippen LogP contribution < -0.4 is 0 Å². The minimum absolute atomic E-state index is 0.123. The fourth-order valence-electron chi connectivity index (χ4n) is 0.707. The monoisotopic (exact) mass is 168 g/mol. The van der Waals surface area contributed by atoms with Gasteiger partial charge in [0.1, 0.15) is 0 Å². The third-order valence-corrected chi connectivity index (χ3v) is 1.19. The van der Waals surface area contributed by atoms with Crippen molar-refractivity contribution in [2.24, 2.45) is 0 Å². The third kappa shape index (κ3) is 1.69. The highest BCUT2D eigenvalue weighted by Crippen LogP contribution is 1.97. The number of ether oxygens (including phenoxy) is 1. The van der Waals surface area contributed by atoms with Crippen LogP contribution in [0.5, 0.6) is 0 Å². The van der Waals surface area contributed by atoms with Crippen LogP contribution in [0.1, 0.15) is 28.0 Å². The van der Waals surface area contributed by atoms with Crippen molar-refractivity contribution in [3.05, 3.63) is 17.7 Å². The number of rotatable bonds is 3. The third-order valence-electron chi connectivity index (χ3n) is 1.19. The molecule has 12 heavy (non-hydrogen) atoms. The highest BCUT2D eigenvalue weighted by atomic mass is 16.5. The standard InChI is InChI=1S/C7H8N2O3/c1-2-12-7(11)5-3-8-6(4-10)9-5/h3-4H,2H2,1H3,(H,8,9). The van der Waals surface area contributed by atoms with Gasteiger partial charge in [0.25, 0.3) is 0 Å². The molecule has 0 atom stereocenters. The average molecular weight is 168 g/mol. The molecule has 0 aliphatic heterocycles. The summed E-state index contributed by atoms with van der Waals surface area (Å²) in [5.74, 6) is -0.403. The molecule has 5 heteroatoms. The molecule has 0 aliphatic rings. The Hall–Kier alpha value is -1.65. The number of aromatic amines is 1. The van der Waals surface area contributed by atoms with Gasteiger partial charge in [-0.1, -0.05) is 0 Å². The topological polar surface area (TPSA) is 72.1 Å². The molecule has 0 bridgehead atoms. The Balaban J connectivity index is 2.74. The molecule has 0 fully saturated rings. The van der Waals surface area contributed by atoms with Gasteiger partial charge in [0, 0.05) is 6.20 Å². The van der Waals surface area contributed by atoms with Crippen LogP contribution >= 0.6 is 0 Å². The van der Waals surface area contributed by atoms with Crippen molar-refractivity contribution in [2.45, 2.75) is 6.92 Å². The molecule has 64 valence electrons. The van der Waals surface area contributed by atoms with E-state index in [0.717, 1.165) is 0 Å². The van der Waals surface area contributed by atoms with E-state index in [1.165, 1.54) is 6.20 Å². The van der Waals surface area contributed by atoms with Crippen LogP contribution in [0.25, 0.3) is 0 Å². The van der Waals surface area contributed by atoms with Crippen molar-refractivity contribution >= 4 is 12.3 Å². The molecule has 1 aromatic rings. The SMILES string of the molecule is CCOC(=O)c1c[nH]c(C=O)n1. The summed E-state index contributed by atoms with van der Waals surface area (Å²) >= 11 is 0. The second-order valence-corrected chi connectivity index (χ2v) is 2.01. The number of H-pyrrole nitrogens is 1. The molecule has 0 aromatic carbocycles. The predicted molar refractivity (Wildman–Crippen MR) is 39.9 cm³/mol. The molecule has 1 rings (SSSR count). The maximum atomic E-state index is 11.0. The zero-order valence-electron chi connectivity index (χ0n) is 6.53. The van der Waals surface area contributed by atoms with Gasteiger partial charge < -0.3 is 9.72 Å². The minimum Gasteiger partial charge on any atom is -0.461 e. The molecule has 1 heterocycles. The van der Waals surface area contributed by atoms with Gasteiger partial charge in [-0.2, -0.15) is 0 Å². The molecule has 1 aromatic heterocycles. The van der Waals surface area contributed by atoms with Crippen LogP contribution in [0.15, 0.2) is 6.20 Å². The van der Waals surface area contributed by atoms with Gasteiger partial charge in [-0.25, -0.2) is 9.78 Å². The number of nitrogens with one attached hydrogen (secondary N) is 1. The first-order chi connectivity index (χ1) is 5.77. The molecule has 0 aliphatic carbocycles. The van der Waals surface area contributed by atoms with E-state index in [-0.39, 0.29) is 11.5 Å². The van der Waals surface area contributed by atoms with Gasteiger partial charge in [-0.05, 0) is 6.92 Å². The Bertz CT molecular complexity index is 293. The Morgan fingerprint density at radius 2 is 2.58 bits per heavy atom. The maximum absolute atomic E-state index is 11.0. The fourth-order valence-corrected chi connectivity index (χ4v) is 0.707. The van der Waals surface area contributed by atoms with E-state index in [2.05, 4.69) is 14.7 Å². The Kier molecular flexibility index (Phi) is 2.57. The first-order valence-electron chi connectivity index (χ1n) is 3.45. The van der Waals surface area contributed by atoms with Crippen molar-refractivity contribution in [3.8, 4) is 0 Å². The first kappa shape index (κ1) is 8.45. The molecule has 0 saturated heterocycles. The molecular weight excluding hydrogens is 160 g/mol. The van der Waals surface area contributed by atoms with Gasteiger partial charge in [0.05, 0.1) is 6.61 Å². The van der Waals surface area contributed by atoms with Gasteiger partial charge in [-0.3, -0.25) is 4.79 Å². The second-order valence-electron chi connectivity index (χ2n) is 2.01. The van der Waals surface area contributed by atoms with E-state index >= 15 is 0 Å². The average Bonchev–Trinajstić information content (AvgIpc) is 2.52. The number of esters is 1. The van der Waals surface area contributed by atoms with E-state index < -0.39 is 5.97 Å². The maximum Gasteiger partial charge on any atom is 0.358 e. The molecule has 0 saturated carbocycles. The van der Waals surface area contributed by atoms with Crippen LogP contribution in [-0.4, -0.2) is 28.8 Å². The Morgan fingerprint density at radius 1 is 1.83 bits per heavy atom. The lowest BCUT2D eigenvalue weighted by Gasteiger charge is -1.94. The second kappa shape index (κ2) is 3.66. The highest BCUT2D eigenvalue weighted by Gasteiger charge is 2.09. The summed E-state index contributed by atoms with van der Waals surface area (Å²) in [4.78, 5) is 27.3. The summed E-state index contributed by atoms with van der Waals surface area (Å²) in [6.45, 7) is 1.99. The Morgan fingerprint density at radius 3 is 3.08 bits per heavy atom. The lowest BCUT2D eigenvalue weighted by Crippen LogP contribution is -2.04. The summed E-state index contributed by atoms with van der Waals surface area (Å²) in [5.41, 5.74) is 0.124. The summed E-state index contributed by atoms with van der Waals surface area (Å²) < 4.78 is 4.65. The van der Waals surface area contributed by atoms with Crippen molar-refractivity contribution < 1.29 is 14.3 Å². The number of hydrogen-bond donors (Lipinski definition) is 1. The first-order valence-corrected chi connectivity index (χ1v) is 3.45. The predicted octanol–water partition coefficient (Wildman–Crippen LogP) is 0.399. The minimum atomic E-state index is -0.526. The number of imidazole rings is 1. The molecular formula is C7H8N2O3. The fraction of sp³-hybridized carbons (Fsp3) is 0.286. The van der Waals surface area contributed by atoms with Crippen molar-refractivity contribution in [2.75, 3.05) is 6.61 Å². The summed E-state index contributed by atoms with van der Waals surface area (Å²) in [5, 5.41) is 0. The molecule has 0 unspecified atom stereocenters. The van der Waals surface area contributed by atoms with Gasteiger partial charge in [-0.15, -0.1) is 0 Å². The zero-order valence-corrected chi connectivity index (χ0v) is 6.53. The highest BCUT2D eigenvalue weighted by molar-refractivity contribution is 5.88. The molecule has 1 N–H and O–H groups in total. The molecule has 0 spiro atoms. The lowest BCUT2D eigenvalue weighted by molar-refractivity contribution is 0.0520. The number of aromatic nitrogens is 2. The lowest BCUT2D eigenvalue weighted by atomic mass is 10.5. The molecule has 5 nitrogen and oxygen atoms in total. The normalized spacial score (nSPS) is 9.42. The van der Waals surface area contributed by atoms with E-state index in [9.17, 15) is 9.59 Å². The number of carbonyl (C=O) groups excluding carboxylic acids is 2. The van der Waals surface area contributed by atoms with Crippen LogP contribution in [-0.2, 0) is 4.74 Å². The smallest absolute Gasteiger partial charge is 0.358 e. The van der Waals surface area contributed by atoms with E-state index in [4.69, 9.17) is 0 Å². The quantitative estimate of drug-likeness (QED) is 0.523. The molecule has 0 amide bonds. The number of aldehydes is 1. The molecule has 0 radical (unpaired) electrons. The van der Waals surface area contributed by atoms with Crippen LogP contribution in [0, 0.1) is 0 Å². The van der Waals surface area contributed by atoms with Crippen molar-refractivity contribution in [3.63, 3.8) is 0 Å². The van der Waals surface area contributed by atoms with Gasteiger partial charge >= 0.3 is 5.97 Å². The van der Waals surface area contributed by atoms with Crippen LogP contribution in [0.3, 0.4) is 0 Å². The van der Waals surface area contributed by atoms with Crippen LogP contribution in [0.4, 0.5) is 0 Å². The van der Waals surface area contributed by atoms with Crippen LogP contribution in [0.2, 0.25) is 0 Å². The number of hydrogen-bond acceptors (Lipinski definition) is 4. The Labute approximate surface area is 68.8 Å². The van der Waals surface area contributed by atoms with E-state index in [1.54, 1.807) is 6.92 Å². The van der Waals surface area contributed by atoms with Crippen molar-refractivity contribution in [1.82, 2.24) is 9.97 Å². The van der Waals surface area contributed by atoms with E-state index in [1.807, 2.05) is 0 Å². The summed E-state index contributed by atoms with van der Waals surface area (Å²) in [6, 6.07) is 0. The largest absolute Gasteiger partial charge is 0.461 e. The number of carbonyl (C=O) groups is 2. The van der Waals surface area contributed by atoms with Gasteiger partial charge in [0.15, 0.2) is 17.8 Å². The number of nitrogens with zero attached hydrogens (tertiary/aromatic N) is 1. The van der Waals surface area contributed by atoms with E-state index in [0.29, 0.717) is 12.9 Å². The summed E-state index contributed by atoms with van der Waals surface area (Å²) in [6.07, 6.45) is 1.87. The zero-order chi connectivity index (χ0) is 8.97. The summed E-state index contributed by atoms with van der Waals surface area (Å²) in [7, 11) is 0.